The van der Waals surface area contributed by atoms with Crippen LogP contribution in [0.3, 0.4) is 0 Å². The SMILES string of the molecule is CCNc1ccc(Cn2c(C)cccc2=O)cc1[N+](=O)[O-]. The molecule has 0 bridgehead atoms. The fourth-order valence-corrected chi connectivity index (χ4v) is 2.18. The molecule has 0 saturated carbocycles. The molecule has 21 heavy (non-hydrogen) atoms. The van der Waals surface area contributed by atoms with Crippen LogP contribution in [-0.2, 0) is 6.54 Å². The molecule has 1 aromatic carbocycles. The normalized spacial score (nSPS) is 10.4. The summed E-state index contributed by atoms with van der Waals surface area (Å²) in [6.07, 6.45) is 0. The van der Waals surface area contributed by atoms with Crippen LogP contribution in [0.25, 0.3) is 0 Å². The van der Waals surface area contributed by atoms with Crippen molar-refractivity contribution in [3.05, 3.63) is 68.1 Å². The molecule has 0 fully saturated rings. The minimum absolute atomic E-state index is 0.0241. The zero-order chi connectivity index (χ0) is 15.4. The van der Waals surface area contributed by atoms with E-state index in [1.165, 1.54) is 12.1 Å². The van der Waals surface area contributed by atoms with E-state index in [1.54, 1.807) is 22.8 Å². The number of nitro groups is 1. The van der Waals surface area contributed by atoms with Crippen molar-refractivity contribution in [2.45, 2.75) is 20.4 Å². The lowest BCUT2D eigenvalue weighted by Gasteiger charge is -2.11. The average molecular weight is 287 g/mol. The number of nitrogens with zero attached hydrogens (tertiary/aromatic N) is 2. The first-order chi connectivity index (χ1) is 10.0. The van der Waals surface area contributed by atoms with Gasteiger partial charge in [-0.1, -0.05) is 12.1 Å². The molecular weight excluding hydrogens is 270 g/mol. The van der Waals surface area contributed by atoms with Gasteiger partial charge in [-0.05, 0) is 31.5 Å². The van der Waals surface area contributed by atoms with Gasteiger partial charge in [0.2, 0.25) is 0 Å². The van der Waals surface area contributed by atoms with Crippen molar-refractivity contribution in [3.8, 4) is 0 Å². The monoisotopic (exact) mass is 287 g/mol. The van der Waals surface area contributed by atoms with Crippen LogP contribution < -0.4 is 10.9 Å². The minimum Gasteiger partial charge on any atom is -0.380 e. The summed E-state index contributed by atoms with van der Waals surface area (Å²) in [7, 11) is 0. The summed E-state index contributed by atoms with van der Waals surface area (Å²) in [5, 5.41) is 14.1. The fraction of sp³-hybridized carbons (Fsp3) is 0.267. The van der Waals surface area contributed by atoms with Crippen molar-refractivity contribution >= 4 is 11.4 Å². The van der Waals surface area contributed by atoms with Gasteiger partial charge in [-0.2, -0.15) is 0 Å². The highest BCUT2D eigenvalue weighted by Crippen LogP contribution is 2.25. The van der Waals surface area contributed by atoms with Crippen molar-refractivity contribution in [1.29, 1.82) is 0 Å². The molecule has 0 amide bonds. The van der Waals surface area contributed by atoms with Crippen LogP contribution in [0.4, 0.5) is 11.4 Å². The Morgan fingerprint density at radius 1 is 1.29 bits per heavy atom. The fourth-order valence-electron chi connectivity index (χ4n) is 2.18. The Hall–Kier alpha value is -2.63. The lowest BCUT2D eigenvalue weighted by Crippen LogP contribution is -2.21. The van der Waals surface area contributed by atoms with E-state index in [2.05, 4.69) is 5.32 Å². The van der Waals surface area contributed by atoms with Gasteiger partial charge < -0.3 is 9.88 Å². The number of rotatable bonds is 5. The summed E-state index contributed by atoms with van der Waals surface area (Å²) in [5.74, 6) is 0. The zero-order valence-electron chi connectivity index (χ0n) is 12.0. The van der Waals surface area contributed by atoms with E-state index in [1.807, 2.05) is 19.9 Å². The van der Waals surface area contributed by atoms with Gasteiger partial charge in [-0.25, -0.2) is 0 Å². The molecule has 0 aliphatic heterocycles. The molecule has 0 saturated heterocycles. The largest absolute Gasteiger partial charge is 0.380 e. The molecule has 0 aliphatic carbocycles. The van der Waals surface area contributed by atoms with Gasteiger partial charge in [0.25, 0.3) is 11.2 Å². The molecule has 0 atom stereocenters. The predicted molar refractivity (Wildman–Crippen MR) is 81.8 cm³/mol. The quantitative estimate of drug-likeness (QED) is 0.677. The predicted octanol–water partition coefficient (Wildman–Crippen LogP) is 2.55. The maximum absolute atomic E-state index is 11.8. The van der Waals surface area contributed by atoms with Crippen LogP contribution in [0.1, 0.15) is 18.2 Å². The van der Waals surface area contributed by atoms with Gasteiger partial charge >= 0.3 is 0 Å². The van der Waals surface area contributed by atoms with Gasteiger partial charge in [0.1, 0.15) is 5.69 Å². The molecule has 0 unspecified atom stereocenters. The summed E-state index contributed by atoms with van der Waals surface area (Å²) < 4.78 is 1.59. The summed E-state index contributed by atoms with van der Waals surface area (Å²) in [4.78, 5) is 22.6. The molecule has 1 N–H and O–H groups in total. The van der Waals surface area contributed by atoms with Crippen LogP contribution in [0.15, 0.2) is 41.2 Å². The van der Waals surface area contributed by atoms with Crippen LogP contribution in [0.2, 0.25) is 0 Å². The van der Waals surface area contributed by atoms with E-state index in [0.29, 0.717) is 18.8 Å². The Balaban J connectivity index is 2.39. The molecule has 2 aromatic rings. The highest BCUT2D eigenvalue weighted by molar-refractivity contribution is 5.62. The second-order valence-corrected chi connectivity index (χ2v) is 4.73. The smallest absolute Gasteiger partial charge is 0.292 e. The minimum atomic E-state index is -0.415. The van der Waals surface area contributed by atoms with E-state index in [9.17, 15) is 14.9 Å². The van der Waals surface area contributed by atoms with E-state index in [0.717, 1.165) is 11.3 Å². The first-order valence-electron chi connectivity index (χ1n) is 6.70. The number of aromatic nitrogens is 1. The van der Waals surface area contributed by atoms with E-state index < -0.39 is 4.92 Å². The number of hydrogen-bond donors (Lipinski definition) is 1. The van der Waals surface area contributed by atoms with E-state index >= 15 is 0 Å². The average Bonchev–Trinajstić information content (AvgIpc) is 2.44. The van der Waals surface area contributed by atoms with Crippen LogP contribution in [0.5, 0.6) is 0 Å². The summed E-state index contributed by atoms with van der Waals surface area (Å²) in [6.45, 7) is 4.64. The van der Waals surface area contributed by atoms with Gasteiger partial charge in [-0.15, -0.1) is 0 Å². The molecule has 1 aromatic heterocycles. The molecule has 2 rings (SSSR count). The van der Waals surface area contributed by atoms with Crippen LogP contribution in [-0.4, -0.2) is 16.0 Å². The molecule has 0 spiro atoms. The van der Waals surface area contributed by atoms with Crippen molar-refractivity contribution in [1.82, 2.24) is 4.57 Å². The molecule has 6 nitrogen and oxygen atoms in total. The Bertz CT molecular complexity index is 722. The maximum Gasteiger partial charge on any atom is 0.292 e. The Morgan fingerprint density at radius 2 is 2.05 bits per heavy atom. The second kappa shape index (κ2) is 6.21. The second-order valence-electron chi connectivity index (χ2n) is 4.73. The van der Waals surface area contributed by atoms with Crippen molar-refractivity contribution in [2.24, 2.45) is 0 Å². The van der Waals surface area contributed by atoms with Crippen LogP contribution >= 0.6 is 0 Å². The van der Waals surface area contributed by atoms with Gasteiger partial charge in [-0.3, -0.25) is 14.9 Å². The van der Waals surface area contributed by atoms with Crippen molar-refractivity contribution < 1.29 is 4.92 Å². The highest BCUT2D eigenvalue weighted by atomic mass is 16.6. The Kier molecular flexibility index (Phi) is 4.37. The number of aryl methyl sites for hydroxylation is 1. The van der Waals surface area contributed by atoms with Crippen LogP contribution in [0, 0.1) is 17.0 Å². The van der Waals surface area contributed by atoms with E-state index in [4.69, 9.17) is 0 Å². The lowest BCUT2D eigenvalue weighted by atomic mass is 10.1. The van der Waals surface area contributed by atoms with Gasteiger partial charge in [0, 0.05) is 24.4 Å². The lowest BCUT2D eigenvalue weighted by molar-refractivity contribution is -0.384. The van der Waals surface area contributed by atoms with Gasteiger partial charge in [0.15, 0.2) is 0 Å². The highest BCUT2D eigenvalue weighted by Gasteiger charge is 2.14. The molecule has 0 radical (unpaired) electrons. The Labute approximate surface area is 122 Å². The number of hydrogen-bond acceptors (Lipinski definition) is 4. The summed E-state index contributed by atoms with van der Waals surface area (Å²) >= 11 is 0. The number of nitrogens with one attached hydrogen (secondary N) is 1. The third kappa shape index (κ3) is 3.28. The topological polar surface area (TPSA) is 77.2 Å². The molecule has 0 aliphatic rings. The van der Waals surface area contributed by atoms with Crippen molar-refractivity contribution in [3.63, 3.8) is 0 Å². The van der Waals surface area contributed by atoms with Gasteiger partial charge in [0.05, 0.1) is 11.5 Å². The molecule has 6 heteroatoms. The van der Waals surface area contributed by atoms with E-state index in [-0.39, 0.29) is 11.2 Å². The molecule has 1 heterocycles. The molecular formula is C15H17N3O3. The number of benzene rings is 1. The third-order valence-corrected chi connectivity index (χ3v) is 3.23. The third-order valence-electron chi connectivity index (χ3n) is 3.23. The number of anilines is 1. The first kappa shape index (κ1) is 14.8. The molecule has 110 valence electrons. The maximum atomic E-state index is 11.8. The number of nitro benzene ring substituents is 1. The standard InChI is InChI=1S/C15H17N3O3/c1-3-16-13-8-7-12(9-14(13)18(20)21)10-17-11(2)5-4-6-15(17)19/h4-9,16H,3,10H2,1-2H3. The zero-order valence-corrected chi connectivity index (χ0v) is 12.0. The van der Waals surface area contributed by atoms with Crippen molar-refractivity contribution in [2.75, 3.05) is 11.9 Å². The summed E-state index contributed by atoms with van der Waals surface area (Å²) in [5.41, 5.74) is 1.94. The Morgan fingerprint density at radius 3 is 2.67 bits per heavy atom. The number of pyridine rings is 1. The summed E-state index contributed by atoms with van der Waals surface area (Å²) in [6, 6.07) is 10.0. The first-order valence-corrected chi connectivity index (χ1v) is 6.70.